The lowest BCUT2D eigenvalue weighted by molar-refractivity contribution is -0.124. The second-order valence-corrected chi connectivity index (χ2v) is 5.94. The van der Waals surface area contributed by atoms with E-state index in [-0.39, 0.29) is 0 Å². The molecule has 3 rings (SSSR count). The number of likely N-dealkylation sites (tertiary alicyclic amines) is 1. The van der Waals surface area contributed by atoms with E-state index in [0.29, 0.717) is 18.1 Å². The summed E-state index contributed by atoms with van der Waals surface area (Å²) in [6, 6.07) is 11.3. The van der Waals surface area contributed by atoms with E-state index < -0.39 is 5.91 Å². The molecule has 0 spiro atoms. The van der Waals surface area contributed by atoms with Gasteiger partial charge in [-0.25, -0.2) is 5.48 Å². The van der Waals surface area contributed by atoms with Gasteiger partial charge in [0.15, 0.2) is 0 Å². The van der Waals surface area contributed by atoms with Crippen LogP contribution in [-0.4, -0.2) is 42.3 Å². The van der Waals surface area contributed by atoms with Crippen molar-refractivity contribution in [1.82, 2.24) is 10.4 Å². The van der Waals surface area contributed by atoms with Crippen molar-refractivity contribution in [1.29, 1.82) is 0 Å². The van der Waals surface area contributed by atoms with E-state index in [1.54, 1.807) is 6.07 Å². The summed E-state index contributed by atoms with van der Waals surface area (Å²) in [5.41, 5.74) is 2.44. The third-order valence-electron chi connectivity index (χ3n) is 4.13. The molecule has 1 fully saturated rings. The number of nitrogens with zero attached hydrogens (tertiary/aromatic N) is 1. The van der Waals surface area contributed by atoms with Crippen molar-refractivity contribution in [3.63, 3.8) is 0 Å². The Hall–Kier alpha value is -2.57. The first kappa shape index (κ1) is 17.3. The van der Waals surface area contributed by atoms with E-state index in [4.69, 9.17) is 14.4 Å². The lowest BCUT2D eigenvalue weighted by atomic mass is 10.1. The molecule has 0 atom stereocenters. The highest BCUT2D eigenvalue weighted by molar-refractivity contribution is 5.90. The van der Waals surface area contributed by atoms with Crippen molar-refractivity contribution < 1.29 is 19.2 Å². The van der Waals surface area contributed by atoms with Gasteiger partial charge >= 0.3 is 0 Å². The van der Waals surface area contributed by atoms with Gasteiger partial charge in [0.05, 0.1) is 0 Å². The Labute approximate surface area is 146 Å². The molecule has 0 bridgehead atoms. The molecule has 0 saturated carbocycles. The van der Waals surface area contributed by atoms with Crippen LogP contribution in [-0.2, 0) is 4.79 Å². The molecule has 1 aromatic carbocycles. The molecule has 1 saturated heterocycles. The standard InChI is InChI=1S/C19H22N2O4/c22-19(20-23)9-7-16-6-8-18(25-16)15-4-3-5-17(14-15)24-13-12-21-10-1-2-11-21/h3-9,14,23H,1-2,10-13H2,(H,20,22)/b9-7+. The number of carbonyl (C=O) groups is 1. The SMILES string of the molecule is O=C(/C=C/c1ccc(-c2cccc(OCCN3CCCC3)c2)o1)NO. The zero-order chi connectivity index (χ0) is 17.5. The lowest BCUT2D eigenvalue weighted by Gasteiger charge is -2.15. The normalized spacial score (nSPS) is 14.9. The summed E-state index contributed by atoms with van der Waals surface area (Å²) in [5, 5.41) is 8.47. The van der Waals surface area contributed by atoms with Crippen LogP contribution in [0.4, 0.5) is 0 Å². The Kier molecular flexibility index (Phi) is 5.87. The number of hydroxylamine groups is 1. The number of carbonyl (C=O) groups excluding carboxylic acids is 1. The maximum atomic E-state index is 11.0. The zero-order valence-corrected chi connectivity index (χ0v) is 14.0. The van der Waals surface area contributed by atoms with Crippen LogP contribution in [0.15, 0.2) is 46.9 Å². The van der Waals surface area contributed by atoms with Gasteiger partial charge in [0.2, 0.25) is 0 Å². The average Bonchev–Trinajstić information content (AvgIpc) is 3.32. The first-order valence-electron chi connectivity index (χ1n) is 8.42. The van der Waals surface area contributed by atoms with Gasteiger partial charge in [-0.05, 0) is 56.3 Å². The summed E-state index contributed by atoms with van der Waals surface area (Å²) in [6.07, 6.45) is 5.25. The van der Waals surface area contributed by atoms with Gasteiger partial charge in [-0.15, -0.1) is 0 Å². The molecule has 6 heteroatoms. The molecule has 25 heavy (non-hydrogen) atoms. The van der Waals surface area contributed by atoms with Gasteiger partial charge in [-0.3, -0.25) is 14.9 Å². The summed E-state index contributed by atoms with van der Waals surface area (Å²) in [6.45, 7) is 3.96. The van der Waals surface area contributed by atoms with Crippen LogP contribution in [0.5, 0.6) is 5.75 Å². The van der Waals surface area contributed by atoms with E-state index in [1.165, 1.54) is 43.6 Å². The Morgan fingerprint density at radius 2 is 2.12 bits per heavy atom. The van der Waals surface area contributed by atoms with Gasteiger partial charge in [0.25, 0.3) is 5.91 Å². The number of nitrogens with one attached hydrogen (secondary N) is 1. The third-order valence-corrected chi connectivity index (χ3v) is 4.13. The molecule has 0 aliphatic carbocycles. The predicted molar refractivity (Wildman–Crippen MR) is 94.3 cm³/mol. The van der Waals surface area contributed by atoms with Crippen molar-refractivity contribution in [2.75, 3.05) is 26.2 Å². The number of rotatable bonds is 7. The largest absolute Gasteiger partial charge is 0.492 e. The quantitative estimate of drug-likeness (QED) is 0.460. The van der Waals surface area contributed by atoms with Crippen molar-refractivity contribution >= 4 is 12.0 Å². The van der Waals surface area contributed by atoms with Gasteiger partial charge in [0, 0.05) is 18.2 Å². The highest BCUT2D eigenvalue weighted by Crippen LogP contribution is 2.26. The van der Waals surface area contributed by atoms with E-state index in [1.807, 2.05) is 30.3 Å². The molecular formula is C19H22N2O4. The summed E-state index contributed by atoms with van der Waals surface area (Å²) in [7, 11) is 0. The third kappa shape index (κ3) is 4.95. The second kappa shape index (κ2) is 8.50. The molecule has 132 valence electrons. The number of furan rings is 1. The Morgan fingerprint density at radius 3 is 2.92 bits per heavy atom. The van der Waals surface area contributed by atoms with E-state index in [9.17, 15) is 4.79 Å². The molecule has 2 aromatic rings. The number of hydrogen-bond donors (Lipinski definition) is 2. The molecule has 0 radical (unpaired) electrons. The number of ether oxygens (including phenoxy) is 1. The molecule has 1 aliphatic rings. The van der Waals surface area contributed by atoms with Crippen LogP contribution >= 0.6 is 0 Å². The number of benzene rings is 1. The van der Waals surface area contributed by atoms with Crippen LogP contribution in [0.1, 0.15) is 18.6 Å². The Morgan fingerprint density at radius 1 is 1.28 bits per heavy atom. The van der Waals surface area contributed by atoms with Crippen LogP contribution in [0.3, 0.4) is 0 Å². The topological polar surface area (TPSA) is 74.9 Å². The summed E-state index contributed by atoms with van der Waals surface area (Å²) < 4.78 is 11.5. The minimum absolute atomic E-state index is 0.527. The Balaban J connectivity index is 1.60. The smallest absolute Gasteiger partial charge is 0.267 e. The highest BCUT2D eigenvalue weighted by atomic mass is 16.5. The van der Waals surface area contributed by atoms with Gasteiger partial charge in [0.1, 0.15) is 23.9 Å². The van der Waals surface area contributed by atoms with Gasteiger partial charge in [-0.2, -0.15) is 0 Å². The van der Waals surface area contributed by atoms with Gasteiger partial charge < -0.3 is 9.15 Å². The number of hydrogen-bond acceptors (Lipinski definition) is 5. The minimum Gasteiger partial charge on any atom is -0.492 e. The van der Waals surface area contributed by atoms with Gasteiger partial charge in [-0.1, -0.05) is 12.1 Å². The fourth-order valence-electron chi connectivity index (χ4n) is 2.83. The fraction of sp³-hybridized carbons (Fsp3) is 0.316. The lowest BCUT2D eigenvalue weighted by Crippen LogP contribution is -2.25. The summed E-state index contributed by atoms with van der Waals surface area (Å²) >= 11 is 0. The minimum atomic E-state index is -0.605. The molecule has 2 N–H and O–H groups in total. The maximum absolute atomic E-state index is 11.0. The second-order valence-electron chi connectivity index (χ2n) is 5.94. The van der Waals surface area contributed by atoms with Crippen molar-refractivity contribution in [2.24, 2.45) is 0 Å². The molecule has 1 amide bonds. The van der Waals surface area contributed by atoms with E-state index in [0.717, 1.165) is 17.9 Å². The predicted octanol–water partition coefficient (Wildman–Crippen LogP) is 2.94. The van der Waals surface area contributed by atoms with E-state index >= 15 is 0 Å². The van der Waals surface area contributed by atoms with Crippen LogP contribution in [0, 0.1) is 0 Å². The highest BCUT2D eigenvalue weighted by Gasteiger charge is 2.11. The molecule has 6 nitrogen and oxygen atoms in total. The first-order valence-corrected chi connectivity index (χ1v) is 8.42. The fourth-order valence-corrected chi connectivity index (χ4v) is 2.83. The molecule has 1 aliphatic heterocycles. The van der Waals surface area contributed by atoms with Crippen molar-refractivity contribution in [2.45, 2.75) is 12.8 Å². The summed E-state index contributed by atoms with van der Waals surface area (Å²) in [5.74, 6) is 1.42. The average molecular weight is 342 g/mol. The molecule has 2 heterocycles. The Bertz CT molecular complexity index is 733. The van der Waals surface area contributed by atoms with Crippen LogP contribution in [0.25, 0.3) is 17.4 Å². The first-order chi connectivity index (χ1) is 12.2. The monoisotopic (exact) mass is 342 g/mol. The van der Waals surface area contributed by atoms with Crippen molar-refractivity contribution in [3.8, 4) is 17.1 Å². The summed E-state index contributed by atoms with van der Waals surface area (Å²) in [4.78, 5) is 13.4. The molecular weight excluding hydrogens is 320 g/mol. The maximum Gasteiger partial charge on any atom is 0.267 e. The van der Waals surface area contributed by atoms with E-state index in [2.05, 4.69) is 4.90 Å². The zero-order valence-electron chi connectivity index (χ0n) is 14.0. The molecule has 1 aromatic heterocycles. The van der Waals surface area contributed by atoms with Crippen LogP contribution in [0.2, 0.25) is 0 Å². The van der Waals surface area contributed by atoms with Crippen molar-refractivity contribution in [3.05, 3.63) is 48.2 Å². The number of amides is 1. The van der Waals surface area contributed by atoms with Crippen LogP contribution < -0.4 is 10.2 Å². The molecule has 0 unspecified atom stereocenters.